The minimum atomic E-state index is -0.228. The molecule has 2 amide bonds. The van der Waals surface area contributed by atoms with Crippen LogP contribution in [0.2, 0.25) is 0 Å². The molecule has 9 rings (SSSR count). The third kappa shape index (κ3) is 3.34. The first-order valence-electron chi connectivity index (χ1n) is 13.4. The van der Waals surface area contributed by atoms with Crippen molar-refractivity contribution < 1.29 is 19.1 Å². The zero-order valence-electron chi connectivity index (χ0n) is 19.3. The summed E-state index contributed by atoms with van der Waals surface area (Å²) in [5.74, 6) is 4.51. The van der Waals surface area contributed by atoms with Crippen LogP contribution in [0.3, 0.4) is 0 Å². The molecule has 6 nitrogen and oxygen atoms in total. The zero-order valence-corrected chi connectivity index (χ0v) is 19.3. The van der Waals surface area contributed by atoms with Crippen molar-refractivity contribution in [3.05, 3.63) is 0 Å². The molecule has 1 aliphatic heterocycles. The van der Waals surface area contributed by atoms with Gasteiger partial charge in [0, 0.05) is 13.1 Å². The topological polar surface area (TPSA) is 59.1 Å². The van der Waals surface area contributed by atoms with Crippen molar-refractivity contribution in [3.8, 4) is 0 Å². The number of amides is 2. The summed E-state index contributed by atoms with van der Waals surface area (Å²) in [6.45, 7) is 1.66. The minimum absolute atomic E-state index is 0.209. The van der Waals surface area contributed by atoms with Crippen LogP contribution in [0.15, 0.2) is 0 Å². The van der Waals surface area contributed by atoms with Crippen LogP contribution in [0.25, 0.3) is 0 Å². The lowest BCUT2D eigenvalue weighted by molar-refractivity contribution is -0.141. The van der Waals surface area contributed by atoms with Crippen molar-refractivity contribution in [1.82, 2.24) is 9.80 Å². The molecule has 0 aromatic carbocycles. The number of ether oxygens (including phenoxy) is 2. The van der Waals surface area contributed by atoms with E-state index in [1.54, 1.807) is 9.80 Å². The van der Waals surface area contributed by atoms with Crippen molar-refractivity contribution in [3.63, 3.8) is 0 Å². The number of carbonyl (C=O) groups is 2. The highest BCUT2D eigenvalue weighted by molar-refractivity contribution is 5.71. The van der Waals surface area contributed by atoms with Gasteiger partial charge in [-0.05, 0) is 119 Å². The summed E-state index contributed by atoms with van der Waals surface area (Å²) in [7, 11) is 0. The second-order valence-electron chi connectivity index (χ2n) is 13.0. The SMILES string of the molecule is O=C(OC12CC3CC(CC(C3)C1)C2)N1CCCN(C(=O)OC23CC4CC(CC(C4)C2)C3)C1. The van der Waals surface area contributed by atoms with Gasteiger partial charge in [0.2, 0.25) is 0 Å². The van der Waals surface area contributed by atoms with Gasteiger partial charge in [-0.2, -0.15) is 0 Å². The second-order valence-corrected chi connectivity index (χ2v) is 13.0. The van der Waals surface area contributed by atoms with Crippen LogP contribution < -0.4 is 0 Å². The van der Waals surface area contributed by atoms with Crippen molar-refractivity contribution in [1.29, 1.82) is 0 Å². The maximum Gasteiger partial charge on any atom is 0.411 e. The lowest BCUT2D eigenvalue weighted by Gasteiger charge is -2.56. The smallest absolute Gasteiger partial charge is 0.411 e. The molecule has 9 fully saturated rings. The van der Waals surface area contributed by atoms with E-state index in [0.717, 1.165) is 80.5 Å². The summed E-state index contributed by atoms with van der Waals surface area (Å²) in [5.41, 5.74) is -0.457. The van der Waals surface area contributed by atoms with E-state index in [1.807, 2.05) is 0 Å². The molecule has 8 bridgehead atoms. The van der Waals surface area contributed by atoms with E-state index in [9.17, 15) is 9.59 Å². The van der Waals surface area contributed by atoms with Gasteiger partial charge in [0.05, 0.1) is 0 Å². The van der Waals surface area contributed by atoms with E-state index in [0.29, 0.717) is 19.8 Å². The Morgan fingerprint density at radius 1 is 0.562 bits per heavy atom. The van der Waals surface area contributed by atoms with Crippen LogP contribution in [0, 0.1) is 35.5 Å². The number of hydrogen-bond donors (Lipinski definition) is 0. The molecule has 0 unspecified atom stereocenters. The normalized spacial score (nSPS) is 48.2. The molecular formula is C26H38N2O4. The molecule has 0 aromatic heterocycles. The third-order valence-corrected chi connectivity index (χ3v) is 10.3. The van der Waals surface area contributed by atoms with Gasteiger partial charge in [-0.3, -0.25) is 9.80 Å². The van der Waals surface area contributed by atoms with Gasteiger partial charge in [-0.15, -0.1) is 0 Å². The van der Waals surface area contributed by atoms with Gasteiger partial charge in [-0.1, -0.05) is 0 Å². The average Bonchev–Trinajstić information content (AvgIpc) is 2.71. The Morgan fingerprint density at radius 3 is 1.19 bits per heavy atom. The van der Waals surface area contributed by atoms with Crippen molar-refractivity contribution in [2.24, 2.45) is 35.5 Å². The maximum atomic E-state index is 13.2. The highest BCUT2D eigenvalue weighted by atomic mass is 16.6. The molecule has 0 radical (unpaired) electrons. The standard InChI is InChI=1S/C26H38N2O4/c29-23(31-25-10-17-4-18(11-25)6-19(5-17)12-25)27-2-1-3-28(16-27)24(30)32-26-13-20-7-21(14-26)9-22(8-20)15-26/h17-22H,1-16H2. The molecular weight excluding hydrogens is 404 g/mol. The molecule has 32 heavy (non-hydrogen) atoms. The van der Waals surface area contributed by atoms with E-state index in [1.165, 1.54) is 38.5 Å². The summed E-state index contributed by atoms with van der Waals surface area (Å²) < 4.78 is 12.5. The van der Waals surface area contributed by atoms with Gasteiger partial charge in [0.15, 0.2) is 0 Å². The molecule has 176 valence electrons. The largest absolute Gasteiger partial charge is 0.443 e. The van der Waals surface area contributed by atoms with Crippen LogP contribution >= 0.6 is 0 Å². The van der Waals surface area contributed by atoms with Gasteiger partial charge in [-0.25, -0.2) is 9.59 Å². The maximum absolute atomic E-state index is 13.2. The lowest BCUT2D eigenvalue weighted by atomic mass is 9.54. The molecule has 8 aliphatic carbocycles. The second kappa shape index (κ2) is 7.02. The quantitative estimate of drug-likeness (QED) is 0.592. The Balaban J connectivity index is 0.992. The van der Waals surface area contributed by atoms with Crippen LogP contribution in [0.1, 0.15) is 83.5 Å². The molecule has 0 atom stereocenters. The number of carbonyl (C=O) groups excluding carboxylic acids is 2. The Morgan fingerprint density at radius 2 is 0.875 bits per heavy atom. The van der Waals surface area contributed by atoms with E-state index in [4.69, 9.17) is 9.47 Å². The predicted octanol–water partition coefficient (Wildman–Crippen LogP) is 5.16. The molecule has 6 heteroatoms. The molecule has 0 aromatic rings. The zero-order chi connectivity index (χ0) is 21.5. The van der Waals surface area contributed by atoms with Crippen LogP contribution in [0.5, 0.6) is 0 Å². The Labute approximate surface area is 191 Å². The van der Waals surface area contributed by atoms with Gasteiger partial charge < -0.3 is 9.47 Å². The van der Waals surface area contributed by atoms with Gasteiger partial charge in [0.25, 0.3) is 0 Å². The van der Waals surface area contributed by atoms with E-state index >= 15 is 0 Å². The highest BCUT2D eigenvalue weighted by Gasteiger charge is 2.55. The molecule has 1 heterocycles. The van der Waals surface area contributed by atoms with Crippen LogP contribution in [0.4, 0.5) is 9.59 Å². The highest BCUT2D eigenvalue weighted by Crippen LogP contribution is 2.58. The molecule has 0 spiro atoms. The van der Waals surface area contributed by atoms with Crippen LogP contribution in [-0.4, -0.2) is 52.9 Å². The molecule has 9 aliphatic rings. The van der Waals surface area contributed by atoms with Crippen molar-refractivity contribution in [2.45, 2.75) is 94.7 Å². The Bertz CT molecular complexity index is 675. The Kier molecular flexibility index (Phi) is 4.38. The van der Waals surface area contributed by atoms with E-state index in [2.05, 4.69) is 0 Å². The number of nitrogens with zero attached hydrogens (tertiary/aromatic N) is 2. The van der Waals surface area contributed by atoms with Crippen molar-refractivity contribution >= 4 is 12.2 Å². The first kappa shape index (κ1) is 20.0. The Hall–Kier alpha value is -1.46. The molecule has 8 saturated carbocycles. The number of rotatable bonds is 2. The predicted molar refractivity (Wildman–Crippen MR) is 118 cm³/mol. The third-order valence-electron chi connectivity index (χ3n) is 10.3. The summed E-state index contributed by atoms with van der Waals surface area (Å²) in [5, 5.41) is 0. The summed E-state index contributed by atoms with van der Waals surface area (Å²) in [4.78, 5) is 29.9. The monoisotopic (exact) mass is 442 g/mol. The van der Waals surface area contributed by atoms with Gasteiger partial charge >= 0.3 is 12.2 Å². The molecule has 0 N–H and O–H groups in total. The minimum Gasteiger partial charge on any atom is -0.443 e. The summed E-state index contributed by atoms with van der Waals surface area (Å²) in [6, 6.07) is 0. The van der Waals surface area contributed by atoms with Crippen LogP contribution in [-0.2, 0) is 9.47 Å². The fourth-order valence-corrected chi connectivity index (χ4v) is 9.91. The van der Waals surface area contributed by atoms with Crippen molar-refractivity contribution in [2.75, 3.05) is 19.8 Å². The summed E-state index contributed by atoms with van der Waals surface area (Å²) in [6.07, 6.45) is 14.7. The fraction of sp³-hybridized carbons (Fsp3) is 0.923. The first-order valence-corrected chi connectivity index (χ1v) is 13.4. The van der Waals surface area contributed by atoms with E-state index < -0.39 is 0 Å². The van der Waals surface area contributed by atoms with Gasteiger partial charge in [0.1, 0.15) is 17.9 Å². The first-order chi connectivity index (χ1) is 15.4. The summed E-state index contributed by atoms with van der Waals surface area (Å²) >= 11 is 0. The molecule has 1 saturated heterocycles. The number of hydrogen-bond acceptors (Lipinski definition) is 4. The average molecular weight is 443 g/mol. The van der Waals surface area contributed by atoms with E-state index in [-0.39, 0.29) is 23.4 Å². The fourth-order valence-electron chi connectivity index (χ4n) is 9.91. The lowest BCUT2D eigenvalue weighted by Crippen LogP contribution is -2.58.